The summed E-state index contributed by atoms with van der Waals surface area (Å²) >= 11 is 4.63. The number of ketones is 1. The van der Waals surface area contributed by atoms with Gasteiger partial charge < -0.3 is 10.1 Å². The number of carbonyl (C=O) groups is 2. The first-order valence-electron chi connectivity index (χ1n) is 3.03. The van der Waals surface area contributed by atoms with Crippen LogP contribution in [0.4, 0.5) is 0 Å². The fraction of sp³-hybridized carbons (Fsp3) is 0.500. The lowest BCUT2D eigenvalue weighted by Crippen LogP contribution is -2.62. The van der Waals surface area contributed by atoms with Crippen molar-refractivity contribution in [2.45, 2.75) is 6.04 Å². The molecule has 1 heterocycles. The minimum atomic E-state index is -0.586. The minimum Gasteiger partial charge on any atom is -0.377 e. The average Bonchev–Trinajstić information content (AvgIpc) is 1.99. The maximum atomic E-state index is 11.0. The Balaban J connectivity index is 2.46. The van der Waals surface area contributed by atoms with Crippen molar-refractivity contribution in [2.24, 2.45) is 0 Å². The maximum absolute atomic E-state index is 11.0. The van der Waals surface area contributed by atoms with E-state index in [1.165, 1.54) is 7.11 Å². The molecule has 0 bridgehead atoms. The molecule has 1 atom stereocenters. The van der Waals surface area contributed by atoms with Crippen molar-refractivity contribution in [1.82, 2.24) is 5.32 Å². The molecule has 1 saturated heterocycles. The van der Waals surface area contributed by atoms with E-state index in [9.17, 15) is 9.59 Å². The number of ether oxygens (including phenoxy) is 1. The van der Waals surface area contributed by atoms with Gasteiger partial charge in [0.1, 0.15) is 17.5 Å². The van der Waals surface area contributed by atoms with Crippen molar-refractivity contribution < 1.29 is 14.3 Å². The van der Waals surface area contributed by atoms with Gasteiger partial charge >= 0.3 is 0 Å². The normalized spacial score (nSPS) is 22.5. The zero-order chi connectivity index (χ0) is 8.43. The molecule has 0 aromatic heterocycles. The second-order valence-electron chi connectivity index (χ2n) is 2.17. The van der Waals surface area contributed by atoms with Crippen LogP contribution in [0.3, 0.4) is 0 Å². The van der Waals surface area contributed by atoms with Gasteiger partial charge in [-0.2, -0.15) is 0 Å². The van der Waals surface area contributed by atoms with Crippen LogP contribution in [0.5, 0.6) is 0 Å². The molecule has 60 valence electrons. The molecule has 0 radical (unpaired) electrons. The van der Waals surface area contributed by atoms with Crippen LogP contribution in [0.2, 0.25) is 0 Å². The van der Waals surface area contributed by atoms with Crippen LogP contribution in [-0.4, -0.2) is 36.3 Å². The quantitative estimate of drug-likeness (QED) is 0.442. The SMILES string of the molecule is COCC(=O)C1NC(=O)C1=S. The number of rotatable bonds is 3. The Morgan fingerprint density at radius 1 is 1.82 bits per heavy atom. The molecule has 1 aliphatic heterocycles. The molecule has 1 N–H and O–H groups in total. The van der Waals surface area contributed by atoms with E-state index in [0.717, 1.165) is 0 Å². The lowest BCUT2D eigenvalue weighted by atomic mass is 10.0. The lowest BCUT2D eigenvalue weighted by Gasteiger charge is -2.25. The van der Waals surface area contributed by atoms with Crippen LogP contribution in [0.25, 0.3) is 0 Å². The van der Waals surface area contributed by atoms with E-state index in [2.05, 4.69) is 22.3 Å². The van der Waals surface area contributed by atoms with Crippen molar-refractivity contribution in [3.8, 4) is 0 Å². The highest BCUT2D eigenvalue weighted by Crippen LogP contribution is 2.03. The fourth-order valence-electron chi connectivity index (χ4n) is 0.773. The van der Waals surface area contributed by atoms with E-state index < -0.39 is 6.04 Å². The highest BCUT2D eigenvalue weighted by molar-refractivity contribution is 7.82. The summed E-state index contributed by atoms with van der Waals surface area (Å²) in [5, 5.41) is 2.37. The van der Waals surface area contributed by atoms with E-state index in [-0.39, 0.29) is 23.2 Å². The van der Waals surface area contributed by atoms with E-state index >= 15 is 0 Å². The van der Waals surface area contributed by atoms with Gasteiger partial charge in [0.2, 0.25) is 0 Å². The van der Waals surface area contributed by atoms with Crippen LogP contribution >= 0.6 is 12.2 Å². The van der Waals surface area contributed by atoms with Gasteiger partial charge in [-0.3, -0.25) is 9.59 Å². The summed E-state index contributed by atoms with van der Waals surface area (Å²) in [6.07, 6.45) is 0. The first-order valence-corrected chi connectivity index (χ1v) is 3.44. The summed E-state index contributed by atoms with van der Waals surface area (Å²) in [6.45, 7) is -0.00884. The molecular formula is C6H7NO3S. The van der Waals surface area contributed by atoms with Gasteiger partial charge in [0, 0.05) is 7.11 Å². The summed E-state index contributed by atoms with van der Waals surface area (Å²) in [6, 6.07) is -0.586. The Morgan fingerprint density at radius 2 is 2.45 bits per heavy atom. The molecule has 0 spiro atoms. The molecule has 0 aromatic carbocycles. The summed E-state index contributed by atoms with van der Waals surface area (Å²) in [7, 11) is 1.42. The standard InChI is InChI=1S/C6H7NO3S/c1-10-2-3(8)4-5(11)6(9)7-4/h4H,2H2,1H3,(H,7,9). The number of hydrogen-bond donors (Lipinski definition) is 1. The first-order chi connectivity index (χ1) is 5.16. The number of methoxy groups -OCH3 is 1. The Hall–Kier alpha value is -0.810. The van der Waals surface area contributed by atoms with E-state index in [1.807, 2.05) is 0 Å². The number of Topliss-reactive ketones (excluding diaryl/α,β-unsaturated/α-hetero) is 1. The predicted octanol–water partition coefficient (Wildman–Crippen LogP) is -0.930. The smallest absolute Gasteiger partial charge is 0.261 e. The highest BCUT2D eigenvalue weighted by Gasteiger charge is 2.37. The number of amides is 1. The van der Waals surface area contributed by atoms with Crippen LogP contribution in [-0.2, 0) is 14.3 Å². The monoisotopic (exact) mass is 173 g/mol. The van der Waals surface area contributed by atoms with Crippen LogP contribution in [0.1, 0.15) is 0 Å². The summed E-state index contributed by atoms with van der Waals surface area (Å²) in [5.41, 5.74) is 0. The third kappa shape index (κ3) is 1.44. The summed E-state index contributed by atoms with van der Waals surface area (Å²) in [5.74, 6) is -0.522. The van der Waals surface area contributed by atoms with Crippen molar-refractivity contribution in [2.75, 3.05) is 13.7 Å². The van der Waals surface area contributed by atoms with E-state index in [4.69, 9.17) is 0 Å². The van der Waals surface area contributed by atoms with Crippen LogP contribution < -0.4 is 5.32 Å². The third-order valence-corrected chi connectivity index (χ3v) is 1.79. The second-order valence-corrected chi connectivity index (χ2v) is 2.61. The molecule has 1 fully saturated rings. The molecular weight excluding hydrogens is 166 g/mol. The molecule has 0 aromatic rings. The minimum absolute atomic E-state index is 0.00884. The second kappa shape index (κ2) is 3.06. The van der Waals surface area contributed by atoms with E-state index in [0.29, 0.717) is 0 Å². The zero-order valence-corrected chi connectivity index (χ0v) is 6.73. The first kappa shape index (κ1) is 8.29. The Bertz CT molecular complexity index is 226. The zero-order valence-electron chi connectivity index (χ0n) is 5.92. The van der Waals surface area contributed by atoms with Gasteiger partial charge in [0.15, 0.2) is 5.78 Å². The molecule has 1 amide bonds. The van der Waals surface area contributed by atoms with Crippen LogP contribution in [0, 0.1) is 0 Å². The molecule has 1 rings (SSSR count). The Morgan fingerprint density at radius 3 is 2.82 bits per heavy atom. The van der Waals surface area contributed by atoms with Gasteiger partial charge in [0.05, 0.1) is 0 Å². The highest BCUT2D eigenvalue weighted by atomic mass is 32.1. The number of carbonyl (C=O) groups excluding carboxylic acids is 2. The van der Waals surface area contributed by atoms with Crippen LogP contribution in [0.15, 0.2) is 0 Å². The molecule has 11 heavy (non-hydrogen) atoms. The number of nitrogens with one attached hydrogen (secondary N) is 1. The predicted molar refractivity (Wildman–Crippen MR) is 41.4 cm³/mol. The number of hydrogen-bond acceptors (Lipinski definition) is 4. The number of thiocarbonyl (C=S) groups is 1. The van der Waals surface area contributed by atoms with Gasteiger partial charge in [-0.05, 0) is 0 Å². The summed E-state index contributed by atoms with van der Waals surface area (Å²) < 4.78 is 4.58. The number of β-lactam (4-membered cyclic amide) rings is 1. The lowest BCUT2D eigenvalue weighted by molar-refractivity contribution is -0.128. The van der Waals surface area contributed by atoms with Gasteiger partial charge in [-0.15, -0.1) is 0 Å². The van der Waals surface area contributed by atoms with Gasteiger partial charge in [-0.1, -0.05) is 12.2 Å². The molecule has 4 nitrogen and oxygen atoms in total. The largest absolute Gasteiger partial charge is 0.377 e. The molecule has 0 aliphatic carbocycles. The summed E-state index contributed by atoms with van der Waals surface area (Å²) in [4.78, 5) is 21.6. The van der Waals surface area contributed by atoms with Crippen molar-refractivity contribution in [1.29, 1.82) is 0 Å². The maximum Gasteiger partial charge on any atom is 0.261 e. The van der Waals surface area contributed by atoms with E-state index in [1.54, 1.807) is 0 Å². The van der Waals surface area contributed by atoms with Gasteiger partial charge in [-0.25, -0.2) is 0 Å². The average molecular weight is 173 g/mol. The Kier molecular flexibility index (Phi) is 2.31. The van der Waals surface area contributed by atoms with Gasteiger partial charge in [0.25, 0.3) is 5.91 Å². The molecule has 1 unspecified atom stereocenters. The van der Waals surface area contributed by atoms with Crippen molar-refractivity contribution in [3.63, 3.8) is 0 Å². The van der Waals surface area contributed by atoms with Crippen molar-refractivity contribution >= 4 is 28.8 Å². The molecule has 5 heteroatoms. The molecule has 1 aliphatic rings. The third-order valence-electron chi connectivity index (χ3n) is 1.37. The topological polar surface area (TPSA) is 55.4 Å². The molecule has 0 saturated carbocycles. The van der Waals surface area contributed by atoms with Crippen molar-refractivity contribution in [3.05, 3.63) is 0 Å². The fourth-order valence-corrected chi connectivity index (χ4v) is 1.02. The Labute approximate surface area is 68.9 Å².